The first-order valence-corrected chi connectivity index (χ1v) is 6.38. The molecule has 2 aliphatic rings. The lowest BCUT2D eigenvalue weighted by Gasteiger charge is -2.32. The van der Waals surface area contributed by atoms with E-state index in [0.717, 1.165) is 45.3 Å². The van der Waals surface area contributed by atoms with Gasteiger partial charge < -0.3 is 15.8 Å². The number of amides is 1. The van der Waals surface area contributed by atoms with Gasteiger partial charge in [0.15, 0.2) is 0 Å². The summed E-state index contributed by atoms with van der Waals surface area (Å²) in [7, 11) is 0. The van der Waals surface area contributed by atoms with E-state index < -0.39 is 0 Å². The summed E-state index contributed by atoms with van der Waals surface area (Å²) in [6.07, 6.45) is 6.18. The highest BCUT2D eigenvalue weighted by atomic mass is 16.5. The van der Waals surface area contributed by atoms with Crippen molar-refractivity contribution in [1.82, 2.24) is 5.32 Å². The van der Waals surface area contributed by atoms with E-state index in [4.69, 9.17) is 10.5 Å². The SMILES string of the molecule is NC1CC(CNC(=O)CCC2CCCO2)C1. The third kappa shape index (κ3) is 3.46. The van der Waals surface area contributed by atoms with Crippen molar-refractivity contribution in [2.24, 2.45) is 11.7 Å². The van der Waals surface area contributed by atoms with Gasteiger partial charge in [0.25, 0.3) is 0 Å². The molecule has 0 spiro atoms. The minimum Gasteiger partial charge on any atom is -0.378 e. The van der Waals surface area contributed by atoms with Crippen molar-refractivity contribution < 1.29 is 9.53 Å². The Morgan fingerprint density at radius 2 is 2.25 bits per heavy atom. The molecule has 1 aliphatic heterocycles. The average Bonchev–Trinajstić information content (AvgIpc) is 2.72. The van der Waals surface area contributed by atoms with Crippen LogP contribution in [-0.2, 0) is 9.53 Å². The van der Waals surface area contributed by atoms with Crippen LogP contribution >= 0.6 is 0 Å². The van der Waals surface area contributed by atoms with Crippen LogP contribution < -0.4 is 11.1 Å². The monoisotopic (exact) mass is 226 g/mol. The Morgan fingerprint density at radius 1 is 1.44 bits per heavy atom. The van der Waals surface area contributed by atoms with E-state index >= 15 is 0 Å². The number of nitrogens with two attached hydrogens (primary N) is 1. The summed E-state index contributed by atoms with van der Waals surface area (Å²) in [6, 6.07) is 0.369. The van der Waals surface area contributed by atoms with E-state index in [9.17, 15) is 4.79 Å². The molecule has 0 bridgehead atoms. The van der Waals surface area contributed by atoms with Crippen LogP contribution in [0.4, 0.5) is 0 Å². The standard InChI is InChI=1S/C12H22N2O2/c13-10-6-9(7-10)8-14-12(15)4-3-11-2-1-5-16-11/h9-11H,1-8,13H2,(H,14,15). The van der Waals surface area contributed by atoms with Crippen molar-refractivity contribution in [1.29, 1.82) is 0 Å². The minimum atomic E-state index is 0.163. The Labute approximate surface area is 96.9 Å². The molecule has 2 rings (SSSR count). The molecule has 1 heterocycles. The predicted molar refractivity (Wildman–Crippen MR) is 61.9 cm³/mol. The molecule has 4 heteroatoms. The number of hydrogen-bond donors (Lipinski definition) is 2. The summed E-state index contributed by atoms with van der Waals surface area (Å²) >= 11 is 0. The molecule has 92 valence electrons. The number of carbonyl (C=O) groups excluding carboxylic acids is 1. The van der Waals surface area contributed by atoms with Crippen LogP contribution in [-0.4, -0.2) is 31.2 Å². The van der Waals surface area contributed by atoms with Crippen LogP contribution in [0.5, 0.6) is 0 Å². The molecule has 0 aromatic rings. The Kier molecular flexibility index (Phi) is 4.18. The Balaban J connectivity index is 1.50. The van der Waals surface area contributed by atoms with E-state index in [0.29, 0.717) is 24.5 Å². The Morgan fingerprint density at radius 3 is 2.88 bits per heavy atom. The first-order chi connectivity index (χ1) is 7.74. The number of nitrogens with one attached hydrogen (secondary N) is 1. The Hall–Kier alpha value is -0.610. The van der Waals surface area contributed by atoms with Gasteiger partial charge in [-0.15, -0.1) is 0 Å². The molecule has 3 N–H and O–H groups in total. The maximum atomic E-state index is 11.5. The van der Waals surface area contributed by atoms with Gasteiger partial charge >= 0.3 is 0 Å². The first kappa shape index (κ1) is 11.9. The normalized spacial score (nSPS) is 33.4. The van der Waals surface area contributed by atoms with Gasteiger partial charge in [-0.1, -0.05) is 0 Å². The number of rotatable bonds is 5. The molecule has 1 aliphatic carbocycles. The molecule has 0 aromatic heterocycles. The van der Waals surface area contributed by atoms with Crippen LogP contribution in [0.2, 0.25) is 0 Å². The van der Waals surface area contributed by atoms with Crippen LogP contribution in [0, 0.1) is 5.92 Å². The molecule has 0 aromatic carbocycles. The van der Waals surface area contributed by atoms with Crippen molar-refractivity contribution in [2.45, 2.75) is 50.7 Å². The van der Waals surface area contributed by atoms with Crippen LogP contribution in [0.3, 0.4) is 0 Å². The zero-order valence-electron chi connectivity index (χ0n) is 9.78. The van der Waals surface area contributed by atoms with Gasteiger partial charge in [0, 0.05) is 25.6 Å². The maximum absolute atomic E-state index is 11.5. The van der Waals surface area contributed by atoms with Gasteiger partial charge in [0.2, 0.25) is 5.91 Å². The van der Waals surface area contributed by atoms with Gasteiger partial charge in [0.1, 0.15) is 0 Å². The lowest BCUT2D eigenvalue weighted by atomic mass is 9.81. The maximum Gasteiger partial charge on any atom is 0.220 e. The highest BCUT2D eigenvalue weighted by molar-refractivity contribution is 5.75. The van der Waals surface area contributed by atoms with Gasteiger partial charge in [-0.25, -0.2) is 0 Å². The van der Waals surface area contributed by atoms with Crippen molar-refractivity contribution in [3.63, 3.8) is 0 Å². The predicted octanol–water partition coefficient (Wildman–Crippen LogP) is 0.799. The van der Waals surface area contributed by atoms with E-state index in [1.807, 2.05) is 0 Å². The van der Waals surface area contributed by atoms with Crippen LogP contribution in [0.1, 0.15) is 38.5 Å². The second-order valence-corrected chi connectivity index (χ2v) is 5.08. The van der Waals surface area contributed by atoms with Gasteiger partial charge in [-0.3, -0.25) is 4.79 Å². The molecule has 1 saturated heterocycles. The molecular weight excluding hydrogens is 204 g/mol. The van der Waals surface area contributed by atoms with Gasteiger partial charge in [-0.05, 0) is 38.0 Å². The number of hydrogen-bond acceptors (Lipinski definition) is 3. The van der Waals surface area contributed by atoms with Crippen molar-refractivity contribution in [3.05, 3.63) is 0 Å². The van der Waals surface area contributed by atoms with E-state index in [2.05, 4.69) is 5.32 Å². The largest absolute Gasteiger partial charge is 0.378 e. The number of carbonyl (C=O) groups is 1. The van der Waals surface area contributed by atoms with Crippen molar-refractivity contribution >= 4 is 5.91 Å². The molecule has 4 nitrogen and oxygen atoms in total. The number of ether oxygens (including phenoxy) is 1. The van der Waals surface area contributed by atoms with Gasteiger partial charge in [0.05, 0.1) is 6.10 Å². The van der Waals surface area contributed by atoms with E-state index in [-0.39, 0.29) is 5.91 Å². The van der Waals surface area contributed by atoms with Crippen LogP contribution in [0.15, 0.2) is 0 Å². The molecule has 2 fully saturated rings. The van der Waals surface area contributed by atoms with Crippen LogP contribution in [0.25, 0.3) is 0 Å². The molecule has 1 amide bonds. The summed E-state index contributed by atoms with van der Waals surface area (Å²) in [5.74, 6) is 0.776. The summed E-state index contributed by atoms with van der Waals surface area (Å²) in [6.45, 7) is 1.67. The third-order valence-electron chi connectivity index (χ3n) is 3.58. The Bertz CT molecular complexity index is 233. The van der Waals surface area contributed by atoms with E-state index in [1.54, 1.807) is 0 Å². The van der Waals surface area contributed by atoms with Crippen molar-refractivity contribution in [2.75, 3.05) is 13.2 Å². The fourth-order valence-corrected chi connectivity index (χ4v) is 2.46. The smallest absolute Gasteiger partial charge is 0.220 e. The topological polar surface area (TPSA) is 64.3 Å². The summed E-state index contributed by atoms with van der Waals surface area (Å²) in [5, 5.41) is 2.98. The average molecular weight is 226 g/mol. The fourth-order valence-electron chi connectivity index (χ4n) is 2.46. The zero-order valence-corrected chi connectivity index (χ0v) is 9.78. The minimum absolute atomic E-state index is 0.163. The lowest BCUT2D eigenvalue weighted by Crippen LogP contribution is -2.42. The fraction of sp³-hybridized carbons (Fsp3) is 0.917. The van der Waals surface area contributed by atoms with Gasteiger partial charge in [-0.2, -0.15) is 0 Å². The molecular formula is C12H22N2O2. The van der Waals surface area contributed by atoms with Crippen molar-refractivity contribution in [3.8, 4) is 0 Å². The molecule has 16 heavy (non-hydrogen) atoms. The highest BCUT2D eigenvalue weighted by Gasteiger charge is 2.26. The quantitative estimate of drug-likeness (QED) is 0.728. The summed E-state index contributed by atoms with van der Waals surface area (Å²) in [4.78, 5) is 11.5. The lowest BCUT2D eigenvalue weighted by molar-refractivity contribution is -0.122. The molecule has 1 saturated carbocycles. The van der Waals surface area contributed by atoms with E-state index in [1.165, 1.54) is 0 Å². The molecule has 1 unspecified atom stereocenters. The molecule has 0 radical (unpaired) electrons. The second kappa shape index (κ2) is 5.64. The second-order valence-electron chi connectivity index (χ2n) is 5.08. The third-order valence-corrected chi connectivity index (χ3v) is 3.58. The summed E-state index contributed by atoms with van der Waals surface area (Å²) < 4.78 is 5.48. The molecule has 1 atom stereocenters. The highest BCUT2D eigenvalue weighted by Crippen LogP contribution is 2.24. The summed E-state index contributed by atoms with van der Waals surface area (Å²) in [5.41, 5.74) is 5.69. The first-order valence-electron chi connectivity index (χ1n) is 6.38. The zero-order chi connectivity index (χ0) is 11.4.